The number of benzene rings is 1. The van der Waals surface area contributed by atoms with Gasteiger partial charge in [0, 0.05) is 35.7 Å². The molecule has 3 heteroatoms. The van der Waals surface area contributed by atoms with Gasteiger partial charge in [0.05, 0.1) is 6.10 Å². The van der Waals surface area contributed by atoms with E-state index in [2.05, 4.69) is 69.6 Å². The quantitative estimate of drug-likeness (QED) is 0.739. The lowest BCUT2D eigenvalue weighted by molar-refractivity contribution is 0.217. The average molecular weight is 316 g/mol. The molecular weight excluding hydrogens is 284 g/mol. The van der Waals surface area contributed by atoms with Gasteiger partial charge in [-0.05, 0) is 50.5 Å². The van der Waals surface area contributed by atoms with Gasteiger partial charge in [0.15, 0.2) is 0 Å². The number of hydrogen-bond acceptors (Lipinski definition) is 2. The normalized spacial score (nSPS) is 13.0. The lowest BCUT2D eigenvalue weighted by Gasteiger charge is -2.13. The third-order valence-electron chi connectivity index (χ3n) is 4.47. The van der Waals surface area contributed by atoms with Crippen LogP contribution in [0.3, 0.4) is 0 Å². The maximum Gasteiger partial charge on any atom is 0.120 e. The molecule has 0 bridgehead atoms. The standard InChI is InChI=1S/C20H32N2O/c1-7-11-22-16(6)19(13-21-14(3)4)18-12-17(9-10-20(18)22)23-15(5)8-2/h9-10,12,14-15,21H,7-8,11,13H2,1-6H3/t15-/m0/s1. The molecule has 0 radical (unpaired) electrons. The zero-order valence-corrected chi connectivity index (χ0v) is 15.6. The second kappa shape index (κ2) is 7.87. The van der Waals surface area contributed by atoms with Crippen LogP contribution < -0.4 is 10.1 Å². The molecule has 3 nitrogen and oxygen atoms in total. The fourth-order valence-corrected chi connectivity index (χ4v) is 2.96. The monoisotopic (exact) mass is 316 g/mol. The number of rotatable bonds is 8. The Morgan fingerprint density at radius 1 is 1.17 bits per heavy atom. The van der Waals surface area contributed by atoms with Gasteiger partial charge >= 0.3 is 0 Å². The molecule has 1 heterocycles. The van der Waals surface area contributed by atoms with Gasteiger partial charge in [-0.15, -0.1) is 0 Å². The minimum atomic E-state index is 0.253. The summed E-state index contributed by atoms with van der Waals surface area (Å²) in [7, 11) is 0. The van der Waals surface area contributed by atoms with Crippen LogP contribution in [0.2, 0.25) is 0 Å². The summed E-state index contributed by atoms with van der Waals surface area (Å²) in [5.74, 6) is 0.978. The molecule has 1 N–H and O–H groups in total. The van der Waals surface area contributed by atoms with Gasteiger partial charge in [0.1, 0.15) is 5.75 Å². The molecule has 0 saturated heterocycles. The topological polar surface area (TPSA) is 26.2 Å². The zero-order chi connectivity index (χ0) is 17.0. The fraction of sp³-hybridized carbons (Fsp3) is 0.600. The van der Waals surface area contributed by atoms with E-state index in [0.717, 1.165) is 31.7 Å². The molecule has 0 spiro atoms. The predicted octanol–water partition coefficient (Wildman–Crippen LogP) is 5.04. The first-order valence-electron chi connectivity index (χ1n) is 8.99. The Balaban J connectivity index is 2.46. The maximum absolute atomic E-state index is 6.03. The van der Waals surface area contributed by atoms with Crippen molar-refractivity contribution < 1.29 is 4.74 Å². The lowest BCUT2D eigenvalue weighted by atomic mass is 10.1. The van der Waals surface area contributed by atoms with Crippen molar-refractivity contribution >= 4 is 10.9 Å². The summed E-state index contributed by atoms with van der Waals surface area (Å²) in [5, 5.41) is 4.89. The van der Waals surface area contributed by atoms with Crippen LogP contribution in [-0.2, 0) is 13.1 Å². The highest BCUT2D eigenvalue weighted by atomic mass is 16.5. The van der Waals surface area contributed by atoms with Crippen molar-refractivity contribution in [1.29, 1.82) is 0 Å². The van der Waals surface area contributed by atoms with Crippen molar-refractivity contribution in [2.45, 2.75) is 79.6 Å². The molecule has 1 aromatic heterocycles. The third-order valence-corrected chi connectivity index (χ3v) is 4.47. The Kier molecular flexibility index (Phi) is 6.11. The summed E-state index contributed by atoms with van der Waals surface area (Å²) in [6.45, 7) is 15.1. The summed E-state index contributed by atoms with van der Waals surface area (Å²) in [5.41, 5.74) is 4.09. The minimum absolute atomic E-state index is 0.253. The van der Waals surface area contributed by atoms with E-state index >= 15 is 0 Å². The second-order valence-corrected chi connectivity index (χ2v) is 6.77. The van der Waals surface area contributed by atoms with Crippen LogP contribution in [0.5, 0.6) is 5.75 Å². The molecular formula is C20H32N2O. The Bertz CT molecular complexity index is 643. The molecule has 0 saturated carbocycles. The Hall–Kier alpha value is -1.48. The van der Waals surface area contributed by atoms with Crippen molar-refractivity contribution in [3.63, 3.8) is 0 Å². The first-order valence-corrected chi connectivity index (χ1v) is 8.99. The van der Waals surface area contributed by atoms with E-state index in [1.165, 1.54) is 22.2 Å². The van der Waals surface area contributed by atoms with Gasteiger partial charge in [0.25, 0.3) is 0 Å². The van der Waals surface area contributed by atoms with Gasteiger partial charge in [-0.25, -0.2) is 0 Å². The summed E-state index contributed by atoms with van der Waals surface area (Å²) in [6.07, 6.45) is 2.42. The van der Waals surface area contributed by atoms with Gasteiger partial charge in [-0.2, -0.15) is 0 Å². The van der Waals surface area contributed by atoms with Gasteiger partial charge in [-0.3, -0.25) is 0 Å². The van der Waals surface area contributed by atoms with Crippen LogP contribution in [0, 0.1) is 6.92 Å². The van der Waals surface area contributed by atoms with E-state index in [-0.39, 0.29) is 6.10 Å². The highest BCUT2D eigenvalue weighted by molar-refractivity contribution is 5.87. The number of nitrogens with one attached hydrogen (secondary N) is 1. The maximum atomic E-state index is 6.03. The molecule has 0 aliphatic rings. The molecule has 2 aromatic rings. The van der Waals surface area contributed by atoms with E-state index in [0.29, 0.717) is 6.04 Å². The van der Waals surface area contributed by atoms with Gasteiger partial charge < -0.3 is 14.6 Å². The van der Waals surface area contributed by atoms with Gasteiger partial charge in [0.2, 0.25) is 0 Å². The molecule has 0 amide bonds. The number of hydrogen-bond donors (Lipinski definition) is 1. The van der Waals surface area contributed by atoms with Crippen molar-refractivity contribution in [2.75, 3.05) is 0 Å². The van der Waals surface area contributed by atoms with Crippen LogP contribution in [0.15, 0.2) is 18.2 Å². The van der Waals surface area contributed by atoms with Gasteiger partial charge in [-0.1, -0.05) is 27.7 Å². The molecule has 0 unspecified atom stereocenters. The largest absolute Gasteiger partial charge is 0.491 e. The van der Waals surface area contributed by atoms with Crippen LogP contribution in [-0.4, -0.2) is 16.7 Å². The molecule has 23 heavy (non-hydrogen) atoms. The number of ether oxygens (including phenoxy) is 1. The predicted molar refractivity (Wildman–Crippen MR) is 99.3 cm³/mol. The van der Waals surface area contributed by atoms with E-state index in [1.807, 2.05) is 0 Å². The van der Waals surface area contributed by atoms with Crippen LogP contribution in [0.25, 0.3) is 10.9 Å². The van der Waals surface area contributed by atoms with Crippen LogP contribution >= 0.6 is 0 Å². The van der Waals surface area contributed by atoms with Crippen molar-refractivity contribution in [1.82, 2.24) is 9.88 Å². The van der Waals surface area contributed by atoms with Crippen LogP contribution in [0.1, 0.15) is 58.7 Å². The van der Waals surface area contributed by atoms with E-state index in [4.69, 9.17) is 4.74 Å². The van der Waals surface area contributed by atoms with E-state index in [1.54, 1.807) is 0 Å². The highest BCUT2D eigenvalue weighted by Crippen LogP contribution is 2.30. The summed E-state index contributed by atoms with van der Waals surface area (Å²) >= 11 is 0. The Morgan fingerprint density at radius 2 is 1.91 bits per heavy atom. The Morgan fingerprint density at radius 3 is 2.52 bits per heavy atom. The SMILES string of the molecule is CCCn1c(C)c(CNC(C)C)c2cc(O[C@@H](C)CC)ccc21. The first kappa shape index (κ1) is 17.9. The summed E-state index contributed by atoms with van der Waals surface area (Å²) < 4.78 is 8.48. The van der Waals surface area contributed by atoms with E-state index in [9.17, 15) is 0 Å². The summed E-state index contributed by atoms with van der Waals surface area (Å²) in [6, 6.07) is 7.03. The van der Waals surface area contributed by atoms with Crippen molar-refractivity contribution in [3.8, 4) is 5.75 Å². The molecule has 1 aromatic carbocycles. The Labute approximate surface area is 141 Å². The van der Waals surface area contributed by atoms with Crippen molar-refractivity contribution in [3.05, 3.63) is 29.5 Å². The number of nitrogens with zero attached hydrogens (tertiary/aromatic N) is 1. The van der Waals surface area contributed by atoms with Crippen molar-refractivity contribution in [2.24, 2.45) is 0 Å². The average Bonchev–Trinajstić information content (AvgIpc) is 2.77. The fourth-order valence-electron chi connectivity index (χ4n) is 2.96. The molecule has 128 valence electrons. The lowest BCUT2D eigenvalue weighted by Crippen LogP contribution is -2.22. The third kappa shape index (κ3) is 4.08. The van der Waals surface area contributed by atoms with Crippen LogP contribution in [0.4, 0.5) is 0 Å². The molecule has 0 aliphatic heterocycles. The molecule has 1 atom stereocenters. The molecule has 2 rings (SSSR count). The highest BCUT2D eigenvalue weighted by Gasteiger charge is 2.15. The number of aromatic nitrogens is 1. The number of fused-ring (bicyclic) bond motifs is 1. The summed E-state index contributed by atoms with van der Waals surface area (Å²) in [4.78, 5) is 0. The first-order chi connectivity index (χ1) is 11.0. The second-order valence-electron chi connectivity index (χ2n) is 6.77. The zero-order valence-electron chi connectivity index (χ0n) is 15.6. The van der Waals surface area contributed by atoms with E-state index < -0.39 is 0 Å². The smallest absolute Gasteiger partial charge is 0.120 e. The molecule has 0 aliphatic carbocycles. The molecule has 0 fully saturated rings. The number of aryl methyl sites for hydroxylation is 1. The minimum Gasteiger partial charge on any atom is -0.491 e.